The average Bonchev–Trinajstić information content (AvgIpc) is 3.36. The summed E-state index contributed by atoms with van der Waals surface area (Å²) in [7, 11) is 0. The van der Waals surface area contributed by atoms with Crippen molar-refractivity contribution in [2.75, 3.05) is 49.3 Å². The van der Waals surface area contributed by atoms with E-state index in [1.165, 1.54) is 17.0 Å². The first-order valence-electron chi connectivity index (χ1n) is 13.4. The van der Waals surface area contributed by atoms with Crippen LogP contribution in [0.2, 0.25) is 0 Å². The molecular weight excluding hydrogens is 508 g/mol. The third-order valence-electron chi connectivity index (χ3n) is 7.59. The number of amides is 1. The van der Waals surface area contributed by atoms with Gasteiger partial charge in [-0.1, -0.05) is 13.0 Å². The van der Waals surface area contributed by atoms with Crippen molar-refractivity contribution in [1.82, 2.24) is 15.3 Å². The molecule has 4 heterocycles. The van der Waals surface area contributed by atoms with Crippen LogP contribution in [0.1, 0.15) is 41.4 Å². The van der Waals surface area contributed by atoms with E-state index in [4.69, 9.17) is 9.47 Å². The maximum atomic E-state index is 14.8. The largest absolute Gasteiger partial charge is 0.508 e. The number of anilines is 2. The molecule has 0 spiro atoms. The molecule has 1 aromatic heterocycles. The van der Waals surface area contributed by atoms with Crippen LogP contribution in [0, 0.1) is 5.82 Å². The molecule has 2 atom stereocenters. The zero-order valence-electron chi connectivity index (χ0n) is 21.8. The van der Waals surface area contributed by atoms with Crippen molar-refractivity contribution in [1.29, 1.82) is 0 Å². The van der Waals surface area contributed by atoms with Crippen LogP contribution >= 0.6 is 0 Å². The Hall–Kier alpha value is -3.57. The van der Waals surface area contributed by atoms with Crippen LogP contribution in [0.5, 0.6) is 11.8 Å². The fraction of sp³-hybridized carbons (Fsp3) is 0.464. The standard InChI is InChI=1S/C28H31F2N5O4/c1-2-20-21(30)5-4-16-10-19(36)12-23(24(16)20)35-14-22-25(27(35)37)26(34-6-3-8-38-9-7-34)33-28(32-22)39-15-18-11-17(29)13-31-18/h4-5,10,12,17-18,31,36H,2-3,6-9,11,13-15H2,1H3/t17-,18+/m1/s1. The van der Waals surface area contributed by atoms with Gasteiger partial charge >= 0.3 is 6.01 Å². The van der Waals surface area contributed by atoms with E-state index in [0.29, 0.717) is 84.8 Å². The topological polar surface area (TPSA) is 100 Å². The highest BCUT2D eigenvalue weighted by molar-refractivity contribution is 6.16. The van der Waals surface area contributed by atoms with Gasteiger partial charge in [-0.05, 0) is 42.3 Å². The summed E-state index contributed by atoms with van der Waals surface area (Å²) >= 11 is 0. The Morgan fingerprint density at radius 2 is 2.10 bits per heavy atom. The first-order chi connectivity index (χ1) is 18.9. The fourth-order valence-corrected chi connectivity index (χ4v) is 5.71. The van der Waals surface area contributed by atoms with Gasteiger partial charge in [-0.2, -0.15) is 9.97 Å². The molecule has 3 aliphatic rings. The molecule has 6 rings (SSSR count). The number of benzene rings is 2. The number of hydrogen-bond donors (Lipinski definition) is 2. The van der Waals surface area contributed by atoms with Crippen LogP contribution in [0.25, 0.3) is 10.8 Å². The Morgan fingerprint density at radius 1 is 1.23 bits per heavy atom. The second-order valence-electron chi connectivity index (χ2n) is 10.2. The zero-order valence-corrected chi connectivity index (χ0v) is 21.8. The molecule has 2 fully saturated rings. The van der Waals surface area contributed by atoms with E-state index in [0.717, 1.165) is 6.42 Å². The van der Waals surface area contributed by atoms with Crippen molar-refractivity contribution < 1.29 is 28.2 Å². The zero-order chi connectivity index (χ0) is 27.1. The number of carbonyl (C=O) groups is 1. The summed E-state index contributed by atoms with van der Waals surface area (Å²) in [6, 6.07) is 6.02. The monoisotopic (exact) mass is 539 g/mol. The summed E-state index contributed by atoms with van der Waals surface area (Å²) in [5.74, 6) is -0.252. The van der Waals surface area contributed by atoms with Crippen LogP contribution in [0.15, 0.2) is 24.3 Å². The van der Waals surface area contributed by atoms with Gasteiger partial charge in [0.15, 0.2) is 0 Å². The number of halogens is 2. The van der Waals surface area contributed by atoms with E-state index in [2.05, 4.69) is 15.3 Å². The number of aromatic nitrogens is 2. The lowest BCUT2D eigenvalue weighted by Gasteiger charge is -2.24. The van der Waals surface area contributed by atoms with Gasteiger partial charge in [-0.3, -0.25) is 4.79 Å². The number of aryl methyl sites for hydroxylation is 1. The van der Waals surface area contributed by atoms with E-state index in [1.807, 2.05) is 11.8 Å². The fourth-order valence-electron chi connectivity index (χ4n) is 5.71. The maximum Gasteiger partial charge on any atom is 0.318 e. The maximum absolute atomic E-state index is 14.8. The number of fused-ring (bicyclic) bond motifs is 2. The third-order valence-corrected chi connectivity index (χ3v) is 7.59. The SMILES string of the molecule is CCc1c(F)ccc2cc(O)cc(N3Cc4nc(OC[C@@H]5C[C@@H](F)CN5)nc(N5CCCOCC5)c4C3=O)c12. The highest BCUT2D eigenvalue weighted by Crippen LogP contribution is 2.41. The number of rotatable bonds is 6. The predicted molar refractivity (Wildman–Crippen MR) is 142 cm³/mol. The Kier molecular flexibility index (Phi) is 6.94. The second kappa shape index (κ2) is 10.5. The molecule has 11 heteroatoms. The molecule has 0 bridgehead atoms. The van der Waals surface area contributed by atoms with Gasteiger partial charge < -0.3 is 29.7 Å². The van der Waals surface area contributed by atoms with Crippen molar-refractivity contribution in [2.24, 2.45) is 0 Å². The number of phenolic OH excluding ortho intramolecular Hbond substituents is 1. The minimum atomic E-state index is -0.909. The predicted octanol–water partition coefficient (Wildman–Crippen LogP) is 3.50. The number of phenols is 1. The summed E-state index contributed by atoms with van der Waals surface area (Å²) in [6.07, 6.45) is 0.636. The van der Waals surface area contributed by atoms with Gasteiger partial charge in [-0.15, -0.1) is 0 Å². The number of carbonyl (C=O) groups excluding carboxylic acids is 1. The molecule has 9 nitrogen and oxygen atoms in total. The Labute approximate surface area is 224 Å². The summed E-state index contributed by atoms with van der Waals surface area (Å²) in [5.41, 5.74) is 1.74. The quantitative estimate of drug-likeness (QED) is 0.491. The van der Waals surface area contributed by atoms with E-state index in [9.17, 15) is 18.7 Å². The first-order valence-corrected chi connectivity index (χ1v) is 13.4. The second-order valence-corrected chi connectivity index (χ2v) is 10.2. The summed E-state index contributed by atoms with van der Waals surface area (Å²) < 4.78 is 40.0. The molecule has 206 valence electrons. The number of alkyl halides is 1. The van der Waals surface area contributed by atoms with E-state index in [1.54, 1.807) is 12.1 Å². The number of ether oxygens (including phenoxy) is 2. The van der Waals surface area contributed by atoms with Crippen LogP contribution in [0.3, 0.4) is 0 Å². The van der Waals surface area contributed by atoms with Crippen LogP contribution < -0.4 is 19.9 Å². The van der Waals surface area contributed by atoms with Gasteiger partial charge in [-0.25, -0.2) is 8.78 Å². The molecule has 0 aliphatic carbocycles. The number of nitrogens with one attached hydrogen (secondary N) is 1. The summed E-state index contributed by atoms with van der Waals surface area (Å²) in [6.45, 7) is 4.76. The lowest BCUT2D eigenvalue weighted by atomic mass is 9.99. The van der Waals surface area contributed by atoms with E-state index in [-0.39, 0.29) is 42.7 Å². The van der Waals surface area contributed by atoms with Crippen LogP contribution in [-0.4, -0.2) is 72.7 Å². The van der Waals surface area contributed by atoms with Crippen LogP contribution in [0.4, 0.5) is 20.3 Å². The Bertz CT molecular complexity index is 1410. The molecule has 1 amide bonds. The molecule has 39 heavy (non-hydrogen) atoms. The Balaban J connectivity index is 1.41. The molecule has 0 radical (unpaired) electrons. The molecule has 3 aliphatic heterocycles. The highest BCUT2D eigenvalue weighted by atomic mass is 19.1. The van der Waals surface area contributed by atoms with Gasteiger partial charge in [0.1, 0.15) is 35.7 Å². The molecule has 2 saturated heterocycles. The molecule has 3 aromatic rings. The average molecular weight is 540 g/mol. The smallest absolute Gasteiger partial charge is 0.318 e. The lowest BCUT2D eigenvalue weighted by molar-refractivity contribution is 0.0997. The molecule has 2 N–H and O–H groups in total. The summed E-state index contributed by atoms with van der Waals surface area (Å²) in [4.78, 5) is 26.8. The van der Waals surface area contributed by atoms with Gasteiger partial charge in [0.05, 0.1) is 24.5 Å². The molecular formula is C28H31F2N5O4. The molecule has 0 unspecified atom stereocenters. The van der Waals surface area contributed by atoms with E-state index >= 15 is 0 Å². The van der Waals surface area contributed by atoms with Crippen molar-refractivity contribution in [2.45, 2.75) is 44.9 Å². The van der Waals surface area contributed by atoms with Gasteiger partial charge in [0.25, 0.3) is 5.91 Å². The van der Waals surface area contributed by atoms with Gasteiger partial charge in [0.2, 0.25) is 0 Å². The van der Waals surface area contributed by atoms with Gasteiger partial charge in [0, 0.05) is 43.7 Å². The highest BCUT2D eigenvalue weighted by Gasteiger charge is 2.37. The minimum absolute atomic E-state index is 0.0230. The van der Waals surface area contributed by atoms with E-state index < -0.39 is 6.17 Å². The van der Waals surface area contributed by atoms with Crippen LogP contribution in [-0.2, 0) is 17.7 Å². The van der Waals surface area contributed by atoms with Crippen molar-refractivity contribution in [3.63, 3.8) is 0 Å². The Morgan fingerprint density at radius 3 is 2.90 bits per heavy atom. The van der Waals surface area contributed by atoms with Crippen molar-refractivity contribution in [3.05, 3.63) is 46.9 Å². The number of aromatic hydroxyl groups is 1. The normalized spacial score (nSPS) is 21.5. The van der Waals surface area contributed by atoms with Crippen molar-refractivity contribution in [3.8, 4) is 11.8 Å². The number of nitrogens with zero attached hydrogens (tertiary/aromatic N) is 4. The van der Waals surface area contributed by atoms with Crippen molar-refractivity contribution >= 4 is 28.2 Å². The first kappa shape index (κ1) is 25.7. The third kappa shape index (κ3) is 4.85. The minimum Gasteiger partial charge on any atom is -0.508 e. The molecule has 0 saturated carbocycles. The summed E-state index contributed by atoms with van der Waals surface area (Å²) in [5, 5.41) is 14.8. The number of hydrogen-bond acceptors (Lipinski definition) is 8. The molecule has 2 aromatic carbocycles. The lowest BCUT2D eigenvalue weighted by Crippen LogP contribution is -2.31.